The van der Waals surface area contributed by atoms with Crippen molar-refractivity contribution in [3.8, 4) is 23.4 Å². The van der Waals surface area contributed by atoms with Crippen molar-refractivity contribution in [2.45, 2.75) is 13.8 Å². The lowest BCUT2D eigenvalue weighted by Crippen LogP contribution is -1.96. The fourth-order valence-electron chi connectivity index (χ4n) is 1.71. The van der Waals surface area contributed by atoms with Gasteiger partial charge in [0.25, 0.3) is 0 Å². The van der Waals surface area contributed by atoms with E-state index in [4.69, 9.17) is 14.7 Å². The minimum absolute atomic E-state index is 0.296. The fraction of sp³-hybridized carbons (Fsp3) is 0.200. The number of rotatable bonds is 3. The van der Waals surface area contributed by atoms with Gasteiger partial charge < -0.3 is 9.47 Å². The topological polar surface area (TPSA) is 55.1 Å². The predicted molar refractivity (Wildman–Crippen MR) is 71.5 cm³/mol. The highest BCUT2D eigenvalue weighted by molar-refractivity contribution is 5.49. The van der Waals surface area contributed by atoms with Gasteiger partial charge in [0, 0.05) is 6.20 Å². The molecular weight excluding hydrogens is 240 g/mol. The molecule has 1 aromatic carbocycles. The maximum atomic E-state index is 9.15. The Bertz CT molecular complexity index is 645. The van der Waals surface area contributed by atoms with Crippen molar-refractivity contribution < 1.29 is 9.47 Å². The van der Waals surface area contributed by atoms with Gasteiger partial charge in [-0.05, 0) is 43.2 Å². The minimum atomic E-state index is 0.296. The molecule has 0 saturated heterocycles. The standard InChI is InChI=1S/C15H14N2O2/c1-10-4-5-13(14(8-10)18-3)19-15-12(9-16)11(2)6-7-17-15/h4-8H,1-3H3. The first-order valence-corrected chi connectivity index (χ1v) is 5.84. The summed E-state index contributed by atoms with van der Waals surface area (Å²) in [5, 5.41) is 9.15. The summed E-state index contributed by atoms with van der Waals surface area (Å²) in [4.78, 5) is 4.10. The fourth-order valence-corrected chi connectivity index (χ4v) is 1.71. The molecular formula is C15H14N2O2. The van der Waals surface area contributed by atoms with E-state index in [-0.39, 0.29) is 0 Å². The van der Waals surface area contributed by atoms with Crippen LogP contribution in [0.2, 0.25) is 0 Å². The molecule has 1 aromatic heterocycles. The van der Waals surface area contributed by atoms with Crippen LogP contribution in [0.5, 0.6) is 17.4 Å². The Balaban J connectivity index is 2.42. The zero-order valence-corrected chi connectivity index (χ0v) is 11.1. The summed E-state index contributed by atoms with van der Waals surface area (Å²) in [6.07, 6.45) is 1.62. The first-order chi connectivity index (χ1) is 9.15. The van der Waals surface area contributed by atoms with Crippen LogP contribution in [-0.2, 0) is 0 Å². The third kappa shape index (κ3) is 2.66. The second-order valence-corrected chi connectivity index (χ2v) is 4.18. The lowest BCUT2D eigenvalue weighted by Gasteiger charge is -2.11. The number of nitriles is 1. The maximum absolute atomic E-state index is 9.15. The molecule has 0 fully saturated rings. The zero-order chi connectivity index (χ0) is 13.8. The van der Waals surface area contributed by atoms with Gasteiger partial charge in [-0.2, -0.15) is 5.26 Å². The lowest BCUT2D eigenvalue weighted by molar-refractivity contribution is 0.373. The Morgan fingerprint density at radius 3 is 2.63 bits per heavy atom. The molecule has 0 atom stereocenters. The first-order valence-electron chi connectivity index (χ1n) is 5.84. The molecule has 0 saturated carbocycles. The van der Waals surface area contributed by atoms with Crippen molar-refractivity contribution in [1.29, 1.82) is 5.26 Å². The van der Waals surface area contributed by atoms with Crippen LogP contribution >= 0.6 is 0 Å². The van der Waals surface area contributed by atoms with Crippen LogP contribution in [0, 0.1) is 25.2 Å². The van der Waals surface area contributed by atoms with Crippen molar-refractivity contribution in [1.82, 2.24) is 4.98 Å². The molecule has 0 N–H and O–H groups in total. The largest absolute Gasteiger partial charge is 0.493 e. The molecule has 4 nitrogen and oxygen atoms in total. The van der Waals surface area contributed by atoms with Crippen LogP contribution in [-0.4, -0.2) is 12.1 Å². The van der Waals surface area contributed by atoms with E-state index in [0.29, 0.717) is 22.9 Å². The third-order valence-electron chi connectivity index (χ3n) is 2.76. The zero-order valence-electron chi connectivity index (χ0n) is 11.1. The number of benzene rings is 1. The van der Waals surface area contributed by atoms with E-state index in [0.717, 1.165) is 11.1 Å². The molecule has 0 spiro atoms. The Morgan fingerprint density at radius 2 is 1.95 bits per heavy atom. The summed E-state index contributed by atoms with van der Waals surface area (Å²) < 4.78 is 11.0. The molecule has 2 aromatic rings. The maximum Gasteiger partial charge on any atom is 0.237 e. The number of hydrogen-bond acceptors (Lipinski definition) is 4. The van der Waals surface area contributed by atoms with Gasteiger partial charge in [0.1, 0.15) is 11.6 Å². The molecule has 19 heavy (non-hydrogen) atoms. The quantitative estimate of drug-likeness (QED) is 0.842. The van der Waals surface area contributed by atoms with E-state index in [2.05, 4.69) is 11.1 Å². The average Bonchev–Trinajstić information content (AvgIpc) is 2.41. The van der Waals surface area contributed by atoms with E-state index in [1.165, 1.54) is 0 Å². The molecule has 0 unspecified atom stereocenters. The van der Waals surface area contributed by atoms with E-state index < -0.39 is 0 Å². The second kappa shape index (κ2) is 5.40. The first kappa shape index (κ1) is 12.9. The van der Waals surface area contributed by atoms with Crippen LogP contribution in [0.4, 0.5) is 0 Å². The molecule has 96 valence electrons. The minimum Gasteiger partial charge on any atom is -0.493 e. The van der Waals surface area contributed by atoms with E-state index >= 15 is 0 Å². The number of aryl methyl sites for hydroxylation is 2. The summed E-state index contributed by atoms with van der Waals surface area (Å²) in [5.41, 5.74) is 2.34. The lowest BCUT2D eigenvalue weighted by atomic mass is 10.2. The van der Waals surface area contributed by atoms with Gasteiger partial charge in [0.05, 0.1) is 7.11 Å². The predicted octanol–water partition coefficient (Wildman–Crippen LogP) is 3.37. The van der Waals surface area contributed by atoms with Crippen molar-refractivity contribution in [2.75, 3.05) is 7.11 Å². The van der Waals surface area contributed by atoms with Gasteiger partial charge in [-0.25, -0.2) is 4.98 Å². The summed E-state index contributed by atoms with van der Waals surface area (Å²) in [5.74, 6) is 1.46. The van der Waals surface area contributed by atoms with Crippen LogP contribution < -0.4 is 9.47 Å². The Labute approximate surface area is 112 Å². The number of hydrogen-bond donors (Lipinski definition) is 0. The molecule has 0 aliphatic carbocycles. The molecule has 2 rings (SSSR count). The number of methoxy groups -OCH3 is 1. The Morgan fingerprint density at radius 1 is 1.16 bits per heavy atom. The van der Waals surface area contributed by atoms with Gasteiger partial charge in [-0.3, -0.25) is 0 Å². The summed E-state index contributed by atoms with van der Waals surface area (Å²) in [6, 6.07) is 9.47. The molecule has 0 radical (unpaired) electrons. The number of ether oxygens (including phenoxy) is 2. The highest BCUT2D eigenvalue weighted by Gasteiger charge is 2.12. The average molecular weight is 254 g/mol. The number of aromatic nitrogens is 1. The van der Waals surface area contributed by atoms with Crippen molar-refractivity contribution in [2.24, 2.45) is 0 Å². The molecule has 1 heterocycles. The van der Waals surface area contributed by atoms with Gasteiger partial charge in [0.2, 0.25) is 5.88 Å². The highest BCUT2D eigenvalue weighted by Crippen LogP contribution is 2.33. The number of nitrogens with zero attached hydrogens (tertiary/aromatic N) is 2. The van der Waals surface area contributed by atoms with E-state index in [1.807, 2.05) is 26.0 Å². The third-order valence-corrected chi connectivity index (χ3v) is 2.76. The van der Waals surface area contributed by atoms with Crippen LogP contribution in [0.1, 0.15) is 16.7 Å². The second-order valence-electron chi connectivity index (χ2n) is 4.18. The van der Waals surface area contributed by atoms with Crippen LogP contribution in [0.15, 0.2) is 30.5 Å². The molecule has 0 bridgehead atoms. The summed E-state index contributed by atoms with van der Waals surface area (Å²) >= 11 is 0. The van der Waals surface area contributed by atoms with Crippen molar-refractivity contribution >= 4 is 0 Å². The van der Waals surface area contributed by atoms with E-state index in [1.54, 1.807) is 25.4 Å². The van der Waals surface area contributed by atoms with E-state index in [9.17, 15) is 0 Å². The smallest absolute Gasteiger partial charge is 0.237 e. The Hall–Kier alpha value is -2.54. The van der Waals surface area contributed by atoms with Gasteiger partial charge in [-0.15, -0.1) is 0 Å². The molecule has 0 aliphatic heterocycles. The van der Waals surface area contributed by atoms with Crippen LogP contribution in [0.25, 0.3) is 0 Å². The van der Waals surface area contributed by atoms with Gasteiger partial charge >= 0.3 is 0 Å². The van der Waals surface area contributed by atoms with Crippen LogP contribution in [0.3, 0.4) is 0 Å². The van der Waals surface area contributed by atoms with Crippen molar-refractivity contribution in [3.63, 3.8) is 0 Å². The van der Waals surface area contributed by atoms with Gasteiger partial charge in [0.15, 0.2) is 11.5 Å². The molecule has 0 amide bonds. The normalized spacial score (nSPS) is 9.79. The summed E-state index contributed by atoms with van der Waals surface area (Å²) in [7, 11) is 1.58. The summed E-state index contributed by atoms with van der Waals surface area (Å²) in [6.45, 7) is 3.82. The number of pyridine rings is 1. The molecule has 4 heteroatoms. The SMILES string of the molecule is COc1cc(C)ccc1Oc1nccc(C)c1C#N. The molecule has 0 aliphatic rings. The Kier molecular flexibility index (Phi) is 3.67. The highest BCUT2D eigenvalue weighted by atomic mass is 16.5. The van der Waals surface area contributed by atoms with Crippen molar-refractivity contribution in [3.05, 3.63) is 47.2 Å². The monoisotopic (exact) mass is 254 g/mol. The van der Waals surface area contributed by atoms with Gasteiger partial charge in [-0.1, -0.05) is 6.07 Å².